The molecule has 2 atom stereocenters. The fraction of sp³-hybridized carbons (Fsp3) is 0.550. The number of ether oxygens (including phenoxy) is 2. The van der Waals surface area contributed by atoms with Crippen LogP contribution in [-0.4, -0.2) is 69.1 Å². The Balaban J connectivity index is 1.86. The van der Waals surface area contributed by atoms with E-state index in [1.54, 1.807) is 50.2 Å². The number of hydrogen-bond donors (Lipinski definition) is 2. The summed E-state index contributed by atoms with van der Waals surface area (Å²) in [6.07, 6.45) is 2.40. The van der Waals surface area contributed by atoms with Crippen LogP contribution in [-0.2, 0) is 19.1 Å². The summed E-state index contributed by atoms with van der Waals surface area (Å²) in [6, 6.07) is 6.54. The molecule has 1 heterocycles. The topological polar surface area (TPSA) is 89.4 Å². The van der Waals surface area contributed by atoms with E-state index < -0.39 is 6.04 Å². The van der Waals surface area contributed by atoms with Crippen LogP contribution in [0, 0.1) is 0 Å². The molecule has 1 aliphatic heterocycles. The Morgan fingerprint density at radius 2 is 1.89 bits per heavy atom. The molecule has 28 heavy (non-hydrogen) atoms. The number of benzene rings is 1. The second kappa shape index (κ2) is 10.7. The van der Waals surface area contributed by atoms with Gasteiger partial charge in [-0.15, -0.1) is 0 Å². The molecule has 0 spiro atoms. The quantitative estimate of drug-likeness (QED) is 0.612. The van der Waals surface area contributed by atoms with Crippen molar-refractivity contribution in [3.05, 3.63) is 24.3 Å². The summed E-state index contributed by atoms with van der Waals surface area (Å²) in [7, 11) is 3.37. The summed E-state index contributed by atoms with van der Waals surface area (Å²) in [5.74, 6) is 0.0537. The zero-order valence-corrected chi connectivity index (χ0v) is 16.8. The van der Waals surface area contributed by atoms with Crippen molar-refractivity contribution in [3.8, 4) is 5.75 Å². The predicted molar refractivity (Wildman–Crippen MR) is 104 cm³/mol. The molecule has 154 valence electrons. The van der Waals surface area contributed by atoms with E-state index in [2.05, 4.69) is 5.32 Å². The van der Waals surface area contributed by atoms with Gasteiger partial charge in [-0.2, -0.15) is 0 Å². The summed E-state index contributed by atoms with van der Waals surface area (Å²) >= 11 is 0. The summed E-state index contributed by atoms with van der Waals surface area (Å²) in [5.41, 5.74) is 0.670. The highest BCUT2D eigenvalue weighted by Crippen LogP contribution is 2.18. The van der Waals surface area contributed by atoms with Crippen molar-refractivity contribution >= 4 is 23.5 Å². The number of carbonyl (C=O) groups is 3. The molecule has 1 unspecified atom stereocenters. The number of anilines is 1. The maximum absolute atomic E-state index is 12.7. The zero-order valence-electron chi connectivity index (χ0n) is 16.8. The van der Waals surface area contributed by atoms with Gasteiger partial charge in [-0.25, -0.2) is 4.79 Å². The van der Waals surface area contributed by atoms with Crippen molar-refractivity contribution < 1.29 is 28.8 Å². The van der Waals surface area contributed by atoms with E-state index in [0.717, 1.165) is 17.7 Å². The molecule has 1 aliphatic rings. The molecule has 1 saturated heterocycles. The number of nitrogens with one attached hydrogen (secondary N) is 2. The minimum Gasteiger partial charge on any atom is -0.497 e. The van der Waals surface area contributed by atoms with Crippen LogP contribution in [0.2, 0.25) is 0 Å². The SMILES string of the molecule is CCOC(=O)[C@H]1CCCCN1C(=O)C[NH+](C)CC(=O)Nc1ccc(OC)cc1. The maximum atomic E-state index is 12.7. The number of piperidine rings is 1. The zero-order chi connectivity index (χ0) is 20.5. The van der Waals surface area contributed by atoms with Crippen LogP contribution < -0.4 is 15.0 Å². The highest BCUT2D eigenvalue weighted by Gasteiger charge is 2.34. The highest BCUT2D eigenvalue weighted by molar-refractivity contribution is 5.91. The Bertz CT molecular complexity index is 677. The van der Waals surface area contributed by atoms with Crippen molar-refractivity contribution in [2.24, 2.45) is 0 Å². The minimum atomic E-state index is -0.512. The van der Waals surface area contributed by atoms with Crippen LogP contribution in [0.25, 0.3) is 0 Å². The van der Waals surface area contributed by atoms with E-state index in [1.807, 2.05) is 0 Å². The summed E-state index contributed by atoms with van der Waals surface area (Å²) < 4.78 is 10.2. The van der Waals surface area contributed by atoms with E-state index in [1.165, 1.54) is 0 Å². The van der Waals surface area contributed by atoms with Gasteiger partial charge in [0.25, 0.3) is 11.8 Å². The van der Waals surface area contributed by atoms with Gasteiger partial charge in [0.15, 0.2) is 13.1 Å². The van der Waals surface area contributed by atoms with Crippen molar-refractivity contribution in [2.45, 2.75) is 32.2 Å². The average molecular weight is 392 g/mol. The minimum absolute atomic E-state index is 0.132. The molecule has 2 N–H and O–H groups in total. The largest absolute Gasteiger partial charge is 0.497 e. The number of quaternary nitrogens is 1. The average Bonchev–Trinajstić information content (AvgIpc) is 2.68. The van der Waals surface area contributed by atoms with Crippen LogP contribution in [0.5, 0.6) is 5.75 Å². The van der Waals surface area contributed by atoms with Crippen LogP contribution >= 0.6 is 0 Å². The third-order valence-corrected chi connectivity index (χ3v) is 4.67. The van der Waals surface area contributed by atoms with Crippen molar-refractivity contribution in [1.82, 2.24) is 4.90 Å². The summed E-state index contributed by atoms with van der Waals surface area (Å²) in [4.78, 5) is 39.4. The fourth-order valence-electron chi connectivity index (χ4n) is 3.29. The van der Waals surface area contributed by atoms with Gasteiger partial charge in [-0.05, 0) is 50.5 Å². The van der Waals surface area contributed by atoms with Gasteiger partial charge in [-0.1, -0.05) is 0 Å². The maximum Gasteiger partial charge on any atom is 0.328 e. The Labute approximate surface area is 165 Å². The Kier molecular flexibility index (Phi) is 8.25. The second-order valence-electron chi connectivity index (χ2n) is 6.94. The number of rotatable bonds is 8. The normalized spacial score (nSPS) is 17.5. The number of carbonyl (C=O) groups excluding carboxylic acids is 3. The van der Waals surface area contributed by atoms with E-state index in [4.69, 9.17) is 9.47 Å². The van der Waals surface area contributed by atoms with E-state index in [0.29, 0.717) is 31.0 Å². The molecule has 0 bridgehead atoms. The molecule has 0 aromatic heterocycles. The first kappa shape index (κ1) is 21.7. The number of hydrogen-bond acceptors (Lipinski definition) is 5. The number of esters is 1. The molecule has 2 amide bonds. The van der Waals surface area contributed by atoms with Gasteiger partial charge in [0.05, 0.1) is 20.8 Å². The molecule has 1 fully saturated rings. The number of likely N-dealkylation sites (N-methyl/N-ethyl adjacent to an activating group) is 1. The molecular weight excluding hydrogens is 362 g/mol. The first-order valence-corrected chi connectivity index (χ1v) is 9.66. The van der Waals surface area contributed by atoms with Crippen LogP contribution in [0.1, 0.15) is 26.2 Å². The van der Waals surface area contributed by atoms with Crippen molar-refractivity contribution in [1.29, 1.82) is 0 Å². The molecule has 0 radical (unpaired) electrons. The molecular formula is C20H30N3O5+. The Hall–Kier alpha value is -2.61. The lowest BCUT2D eigenvalue weighted by atomic mass is 10.0. The summed E-state index contributed by atoms with van der Waals surface area (Å²) in [5, 5.41) is 2.81. The first-order chi connectivity index (χ1) is 13.4. The van der Waals surface area contributed by atoms with Crippen molar-refractivity contribution in [3.63, 3.8) is 0 Å². The lowest BCUT2D eigenvalue weighted by molar-refractivity contribution is -0.862. The monoisotopic (exact) mass is 392 g/mol. The second-order valence-corrected chi connectivity index (χ2v) is 6.94. The molecule has 1 aromatic rings. The molecule has 8 nitrogen and oxygen atoms in total. The standard InChI is InChI=1S/C20H29N3O5/c1-4-28-20(26)17-7-5-6-12-23(17)19(25)14-22(2)13-18(24)21-15-8-10-16(27-3)11-9-15/h8-11,17H,4-7,12-14H2,1-3H3,(H,21,24)/p+1/t17-/m1/s1. The van der Waals surface area contributed by atoms with Crippen LogP contribution in [0.3, 0.4) is 0 Å². The molecule has 0 aliphatic carbocycles. The van der Waals surface area contributed by atoms with Crippen molar-refractivity contribution in [2.75, 3.05) is 45.7 Å². The third-order valence-electron chi connectivity index (χ3n) is 4.67. The van der Waals surface area contributed by atoms with Gasteiger partial charge in [-0.3, -0.25) is 9.59 Å². The van der Waals surface area contributed by atoms with E-state index in [9.17, 15) is 14.4 Å². The van der Waals surface area contributed by atoms with Gasteiger partial charge < -0.3 is 24.6 Å². The van der Waals surface area contributed by atoms with E-state index >= 15 is 0 Å². The van der Waals surface area contributed by atoms with Gasteiger partial charge >= 0.3 is 5.97 Å². The fourth-order valence-corrected chi connectivity index (χ4v) is 3.29. The Morgan fingerprint density at radius 1 is 1.18 bits per heavy atom. The van der Waals surface area contributed by atoms with Crippen LogP contribution in [0.15, 0.2) is 24.3 Å². The first-order valence-electron chi connectivity index (χ1n) is 9.66. The van der Waals surface area contributed by atoms with Gasteiger partial charge in [0.2, 0.25) is 0 Å². The molecule has 8 heteroatoms. The number of amides is 2. The van der Waals surface area contributed by atoms with Crippen LogP contribution in [0.4, 0.5) is 5.69 Å². The summed E-state index contributed by atoms with van der Waals surface area (Å²) in [6.45, 7) is 2.90. The number of methoxy groups -OCH3 is 1. The van der Waals surface area contributed by atoms with E-state index in [-0.39, 0.29) is 30.9 Å². The highest BCUT2D eigenvalue weighted by atomic mass is 16.5. The molecule has 0 saturated carbocycles. The molecule has 1 aromatic carbocycles. The Morgan fingerprint density at radius 3 is 2.54 bits per heavy atom. The number of nitrogens with zero attached hydrogens (tertiary/aromatic N) is 1. The predicted octanol–water partition coefficient (Wildman–Crippen LogP) is 0.0926. The van der Waals surface area contributed by atoms with Gasteiger partial charge in [0.1, 0.15) is 11.8 Å². The number of likely N-dealkylation sites (tertiary alicyclic amines) is 1. The third kappa shape index (κ3) is 6.23. The lowest BCUT2D eigenvalue weighted by Gasteiger charge is -2.34. The van der Waals surface area contributed by atoms with Gasteiger partial charge in [0, 0.05) is 12.2 Å². The smallest absolute Gasteiger partial charge is 0.328 e. The lowest BCUT2D eigenvalue weighted by Crippen LogP contribution is -3.11. The molecule has 2 rings (SSSR count).